The molecule has 3 saturated carbocycles. The summed E-state index contributed by atoms with van der Waals surface area (Å²) < 4.78 is 22.0. The zero-order valence-electron chi connectivity index (χ0n) is 20.9. The molecule has 35 heavy (non-hydrogen) atoms. The van der Waals surface area contributed by atoms with Crippen molar-refractivity contribution in [2.75, 3.05) is 0 Å². The van der Waals surface area contributed by atoms with Gasteiger partial charge in [0.25, 0.3) is 0 Å². The van der Waals surface area contributed by atoms with Gasteiger partial charge < -0.3 is 20.1 Å². The van der Waals surface area contributed by atoms with Crippen molar-refractivity contribution >= 4 is 17.5 Å². The molecule has 1 aliphatic heterocycles. The minimum Gasteiger partial charge on any atom is -0.481 e. The Hall–Kier alpha value is -1.90. The highest BCUT2D eigenvalue weighted by Gasteiger charge is 2.83. The molecule has 4 fully saturated rings. The summed E-state index contributed by atoms with van der Waals surface area (Å²) in [6.45, 7) is 8.39. The van der Waals surface area contributed by atoms with E-state index in [9.17, 15) is 29.7 Å². The molecule has 5 aliphatic rings. The third kappa shape index (κ3) is 2.85. The molecule has 4 aliphatic carbocycles. The van der Waals surface area contributed by atoms with Crippen LogP contribution in [-0.2, 0) is 19.1 Å². The monoisotopic (exact) mass is 490 g/mol. The summed E-state index contributed by atoms with van der Waals surface area (Å²) in [5, 5.41) is 32.3. The highest BCUT2D eigenvalue weighted by atomic mass is 19.1. The van der Waals surface area contributed by atoms with Crippen LogP contribution >= 0.6 is 0 Å². The Morgan fingerprint density at radius 3 is 2.54 bits per heavy atom. The number of epoxide rings is 1. The molecule has 0 radical (unpaired) electrons. The summed E-state index contributed by atoms with van der Waals surface area (Å²) in [7, 11) is 0. The van der Waals surface area contributed by atoms with Crippen LogP contribution in [-0.4, -0.2) is 62.4 Å². The van der Waals surface area contributed by atoms with Gasteiger partial charge in [0.2, 0.25) is 0 Å². The summed E-state index contributed by atoms with van der Waals surface area (Å²) >= 11 is 0. The Balaban J connectivity index is 1.51. The highest BCUT2D eigenvalue weighted by Crippen LogP contribution is 2.76. The largest absolute Gasteiger partial charge is 0.481 e. The minimum absolute atomic E-state index is 0.144. The van der Waals surface area contributed by atoms with Crippen LogP contribution < -0.4 is 0 Å². The Kier molecular flexibility index (Phi) is 5.03. The Labute approximate surface area is 204 Å². The lowest BCUT2D eigenvalue weighted by molar-refractivity contribution is -0.174. The van der Waals surface area contributed by atoms with Gasteiger partial charge in [-0.05, 0) is 81.9 Å². The second-order valence-electron chi connectivity index (χ2n) is 12.7. The molecule has 1 unspecified atom stereocenters. The predicted molar refractivity (Wildman–Crippen MR) is 123 cm³/mol. The molecule has 0 aromatic heterocycles. The van der Waals surface area contributed by atoms with Crippen LogP contribution in [0.3, 0.4) is 0 Å². The number of allylic oxidation sites excluding steroid dienone is 2. The third-order valence-electron chi connectivity index (χ3n) is 10.5. The predicted octanol–water partition coefficient (Wildman–Crippen LogP) is 2.78. The Morgan fingerprint density at radius 2 is 1.91 bits per heavy atom. The van der Waals surface area contributed by atoms with Gasteiger partial charge in [0.15, 0.2) is 11.6 Å². The third-order valence-corrected chi connectivity index (χ3v) is 10.5. The molecule has 192 valence electrons. The van der Waals surface area contributed by atoms with Crippen LogP contribution in [0.2, 0.25) is 0 Å². The van der Waals surface area contributed by atoms with Crippen molar-refractivity contribution in [3.05, 3.63) is 23.8 Å². The minimum atomic E-state index is -1.90. The number of carbonyl (C=O) groups is 3. The summed E-state index contributed by atoms with van der Waals surface area (Å²) in [6.07, 6.45) is 1.96. The number of halogens is 1. The van der Waals surface area contributed by atoms with Gasteiger partial charge in [-0.15, -0.1) is 0 Å². The number of carboxylic acid groups (broad SMARTS) is 1. The number of aliphatic carboxylic acids is 1. The summed E-state index contributed by atoms with van der Waals surface area (Å²) in [6, 6.07) is 0. The lowest BCUT2D eigenvalue weighted by atomic mass is 9.46. The second kappa shape index (κ2) is 7.11. The standard InChI is InChI=1S/C27H35FO7/c1-13-8-15-16-10-18(28)17-9-14(29)6-7-24(17,4)27(16)20(35-27)12-25(15,5)26(13,34)21(31)19(30)11-23(2,3)22(32)33/h6-7,9,13,15-16,18-20,30,34H,8,10-12H2,1-5H3,(H,32,33)/t13-,15+,16+,18+,19?,20+,24+,25+,26+,27-/m1/s1. The number of hydrogen-bond donors (Lipinski definition) is 3. The van der Waals surface area contributed by atoms with Gasteiger partial charge in [0.1, 0.15) is 23.5 Å². The van der Waals surface area contributed by atoms with Gasteiger partial charge in [-0.25, -0.2) is 4.39 Å². The fourth-order valence-corrected chi connectivity index (χ4v) is 8.42. The zero-order chi connectivity index (χ0) is 25.9. The molecule has 1 heterocycles. The fraction of sp³-hybridized carbons (Fsp3) is 0.741. The molecule has 10 atom stereocenters. The first-order valence-corrected chi connectivity index (χ1v) is 12.5. The molecular weight excluding hydrogens is 455 g/mol. The number of Topliss-reactive ketones (excluding diaryl/α,β-unsaturated/α-hetero) is 1. The van der Waals surface area contributed by atoms with Crippen molar-refractivity contribution in [3.8, 4) is 0 Å². The number of carboxylic acids is 1. The van der Waals surface area contributed by atoms with Crippen LogP contribution in [0.5, 0.6) is 0 Å². The van der Waals surface area contributed by atoms with Crippen LogP contribution in [0, 0.1) is 34.0 Å². The van der Waals surface area contributed by atoms with Gasteiger partial charge >= 0.3 is 5.97 Å². The van der Waals surface area contributed by atoms with Crippen molar-refractivity contribution in [2.45, 2.75) is 89.9 Å². The van der Waals surface area contributed by atoms with E-state index in [0.29, 0.717) is 18.4 Å². The zero-order valence-corrected chi connectivity index (χ0v) is 20.9. The molecule has 0 bridgehead atoms. The van der Waals surface area contributed by atoms with E-state index in [1.165, 1.54) is 26.0 Å². The summed E-state index contributed by atoms with van der Waals surface area (Å²) in [5.74, 6) is -3.17. The Morgan fingerprint density at radius 1 is 1.26 bits per heavy atom. The van der Waals surface area contributed by atoms with Gasteiger partial charge in [-0.1, -0.05) is 19.9 Å². The van der Waals surface area contributed by atoms with E-state index in [1.807, 2.05) is 13.8 Å². The molecule has 0 aromatic rings. The average molecular weight is 491 g/mol. The van der Waals surface area contributed by atoms with Crippen LogP contribution in [0.25, 0.3) is 0 Å². The molecule has 7 nitrogen and oxygen atoms in total. The first kappa shape index (κ1) is 24.8. The average Bonchev–Trinajstić information content (AvgIpc) is 3.45. The second-order valence-corrected chi connectivity index (χ2v) is 12.7. The van der Waals surface area contributed by atoms with Crippen molar-refractivity contribution in [2.24, 2.45) is 34.0 Å². The molecule has 5 rings (SSSR count). The van der Waals surface area contributed by atoms with E-state index in [2.05, 4.69) is 0 Å². The first-order valence-electron chi connectivity index (χ1n) is 12.5. The molecule has 8 heteroatoms. The molecule has 1 saturated heterocycles. The maximum Gasteiger partial charge on any atom is 0.309 e. The van der Waals surface area contributed by atoms with Crippen molar-refractivity contribution in [3.63, 3.8) is 0 Å². The van der Waals surface area contributed by atoms with E-state index in [0.717, 1.165) is 0 Å². The quantitative estimate of drug-likeness (QED) is 0.506. The van der Waals surface area contributed by atoms with E-state index in [1.54, 1.807) is 13.0 Å². The number of aliphatic hydroxyl groups is 2. The molecule has 0 aromatic carbocycles. The number of ketones is 2. The topological polar surface area (TPSA) is 124 Å². The van der Waals surface area contributed by atoms with E-state index >= 15 is 4.39 Å². The number of rotatable bonds is 5. The van der Waals surface area contributed by atoms with Crippen LogP contribution in [0.15, 0.2) is 23.8 Å². The maximum absolute atomic E-state index is 15.6. The maximum atomic E-state index is 15.6. The Bertz CT molecular complexity index is 1080. The van der Waals surface area contributed by atoms with Crippen molar-refractivity contribution in [1.82, 2.24) is 0 Å². The van der Waals surface area contributed by atoms with Gasteiger partial charge in [0.05, 0.1) is 11.5 Å². The number of fused-ring (bicyclic) bond motifs is 3. The van der Waals surface area contributed by atoms with Crippen molar-refractivity contribution < 1.29 is 38.8 Å². The van der Waals surface area contributed by atoms with Gasteiger partial charge in [-0.3, -0.25) is 14.4 Å². The molecule has 3 N–H and O–H groups in total. The number of aliphatic hydroxyl groups excluding tert-OH is 1. The number of carbonyl (C=O) groups excluding carboxylic acids is 2. The van der Waals surface area contributed by atoms with Crippen molar-refractivity contribution in [1.29, 1.82) is 0 Å². The number of alkyl halides is 1. The van der Waals surface area contributed by atoms with Gasteiger partial charge in [-0.2, -0.15) is 0 Å². The van der Waals surface area contributed by atoms with Crippen LogP contribution in [0.4, 0.5) is 4.39 Å². The van der Waals surface area contributed by atoms with E-state index in [4.69, 9.17) is 4.74 Å². The highest BCUT2D eigenvalue weighted by molar-refractivity contribution is 6.01. The van der Waals surface area contributed by atoms with E-state index in [-0.39, 0.29) is 36.6 Å². The first-order chi connectivity index (χ1) is 16.1. The fourth-order valence-electron chi connectivity index (χ4n) is 8.42. The number of ether oxygens (including phenoxy) is 1. The van der Waals surface area contributed by atoms with E-state index < -0.39 is 57.4 Å². The van der Waals surface area contributed by atoms with Gasteiger partial charge in [0, 0.05) is 10.8 Å². The lowest BCUT2D eigenvalue weighted by Crippen LogP contribution is -2.64. The summed E-state index contributed by atoms with van der Waals surface area (Å²) in [4.78, 5) is 37.2. The number of hydrogen-bond acceptors (Lipinski definition) is 6. The lowest BCUT2D eigenvalue weighted by Gasteiger charge is -2.56. The van der Waals surface area contributed by atoms with Crippen LogP contribution in [0.1, 0.15) is 60.3 Å². The smallest absolute Gasteiger partial charge is 0.309 e. The SMILES string of the molecule is C[C@@H]1C[C@H]2[C@@H]3C[C@H](F)C4=CC(=O)C=C[C@]4(C)[C@@]34O[C@H]4C[C@]2(C)[C@@]1(O)C(=O)C(O)CC(C)(C)C(=O)O. The summed E-state index contributed by atoms with van der Waals surface area (Å²) in [5.41, 5.74) is -5.25. The normalized spacial score (nSPS) is 48.7. The molecule has 0 amide bonds. The molecule has 1 spiro atoms. The molecular formula is C27H35FO7.